The van der Waals surface area contributed by atoms with Crippen molar-refractivity contribution in [1.29, 1.82) is 0 Å². The highest BCUT2D eigenvalue weighted by atomic mass is 16.5. The maximum absolute atomic E-state index is 12.1. The van der Waals surface area contributed by atoms with Crippen molar-refractivity contribution in [2.45, 2.75) is 32.8 Å². The number of aliphatic hydroxyl groups is 1. The summed E-state index contributed by atoms with van der Waals surface area (Å²) >= 11 is 0. The number of benzene rings is 1. The van der Waals surface area contributed by atoms with Gasteiger partial charge in [0.15, 0.2) is 5.78 Å². The van der Waals surface area contributed by atoms with Crippen molar-refractivity contribution >= 4 is 5.78 Å². The zero-order valence-corrected chi connectivity index (χ0v) is 12.8. The van der Waals surface area contributed by atoms with Crippen LogP contribution in [-0.4, -0.2) is 18.0 Å². The molecule has 4 rings (SSSR count). The standard InChI is InChI=1S/C18H22O3/c1-18(2)14-10-15(18)17(20)9-12(14)8-16(19)11-4-6-13(21-3)7-5-11/h4-7,9,14-16,19H,8,10H2,1-3H3. The van der Waals surface area contributed by atoms with E-state index in [1.54, 1.807) is 13.2 Å². The molecule has 1 N–H and O–H groups in total. The molecule has 0 spiro atoms. The number of carbonyl (C=O) groups is 1. The normalized spacial score (nSPS) is 27.6. The van der Waals surface area contributed by atoms with E-state index in [2.05, 4.69) is 13.8 Å². The molecule has 3 unspecified atom stereocenters. The second kappa shape index (κ2) is 4.99. The first-order valence-corrected chi connectivity index (χ1v) is 7.50. The van der Waals surface area contributed by atoms with E-state index in [0.717, 1.165) is 23.3 Å². The van der Waals surface area contributed by atoms with Crippen molar-refractivity contribution in [3.05, 3.63) is 41.5 Å². The van der Waals surface area contributed by atoms with Gasteiger partial charge < -0.3 is 9.84 Å². The lowest BCUT2D eigenvalue weighted by Gasteiger charge is -2.55. The molecule has 112 valence electrons. The quantitative estimate of drug-likeness (QED) is 0.924. The Morgan fingerprint density at radius 1 is 1.29 bits per heavy atom. The number of rotatable bonds is 4. The molecule has 3 heteroatoms. The highest BCUT2D eigenvalue weighted by Gasteiger charge is 2.55. The largest absolute Gasteiger partial charge is 0.497 e. The summed E-state index contributed by atoms with van der Waals surface area (Å²) in [5.41, 5.74) is 2.03. The van der Waals surface area contributed by atoms with Crippen LogP contribution in [0.1, 0.15) is 38.4 Å². The molecule has 3 aliphatic carbocycles. The zero-order chi connectivity index (χ0) is 15.2. The van der Waals surface area contributed by atoms with Gasteiger partial charge in [-0.1, -0.05) is 31.6 Å². The molecular weight excluding hydrogens is 264 g/mol. The van der Waals surface area contributed by atoms with Gasteiger partial charge in [0.25, 0.3) is 0 Å². The topological polar surface area (TPSA) is 46.5 Å². The Balaban J connectivity index is 1.75. The van der Waals surface area contributed by atoms with Crippen LogP contribution in [0.3, 0.4) is 0 Å². The number of hydrogen-bond acceptors (Lipinski definition) is 3. The molecule has 0 radical (unpaired) electrons. The van der Waals surface area contributed by atoms with E-state index in [4.69, 9.17) is 4.74 Å². The minimum Gasteiger partial charge on any atom is -0.497 e. The first-order chi connectivity index (χ1) is 9.93. The first kappa shape index (κ1) is 14.3. The van der Waals surface area contributed by atoms with Gasteiger partial charge in [0.2, 0.25) is 0 Å². The van der Waals surface area contributed by atoms with E-state index in [1.807, 2.05) is 24.3 Å². The van der Waals surface area contributed by atoms with Gasteiger partial charge in [-0.2, -0.15) is 0 Å². The fourth-order valence-corrected chi connectivity index (χ4v) is 3.79. The molecule has 21 heavy (non-hydrogen) atoms. The van der Waals surface area contributed by atoms with Gasteiger partial charge >= 0.3 is 0 Å². The smallest absolute Gasteiger partial charge is 0.159 e. The fraction of sp³-hybridized carbons (Fsp3) is 0.500. The molecule has 1 saturated carbocycles. The van der Waals surface area contributed by atoms with Crippen LogP contribution in [-0.2, 0) is 4.79 Å². The summed E-state index contributed by atoms with van der Waals surface area (Å²) < 4.78 is 5.13. The first-order valence-electron chi connectivity index (χ1n) is 7.50. The van der Waals surface area contributed by atoms with Crippen LogP contribution >= 0.6 is 0 Å². The number of methoxy groups -OCH3 is 1. The van der Waals surface area contributed by atoms with Crippen LogP contribution in [0.5, 0.6) is 5.75 Å². The van der Waals surface area contributed by atoms with Crippen molar-refractivity contribution < 1.29 is 14.6 Å². The number of ether oxygens (including phenoxy) is 1. The second-order valence-corrected chi connectivity index (χ2v) is 6.78. The Morgan fingerprint density at radius 3 is 2.48 bits per heavy atom. The third-order valence-corrected chi connectivity index (χ3v) is 5.32. The third-order valence-electron chi connectivity index (χ3n) is 5.32. The van der Waals surface area contributed by atoms with E-state index in [1.165, 1.54) is 0 Å². The van der Waals surface area contributed by atoms with Crippen LogP contribution in [0, 0.1) is 17.3 Å². The van der Waals surface area contributed by atoms with E-state index in [9.17, 15) is 9.90 Å². The Bertz CT molecular complexity index is 583. The highest BCUT2D eigenvalue weighted by molar-refractivity contribution is 5.96. The molecule has 3 nitrogen and oxygen atoms in total. The molecule has 0 saturated heterocycles. The summed E-state index contributed by atoms with van der Waals surface area (Å²) in [6.07, 6.45) is 2.70. The molecule has 1 fully saturated rings. The molecule has 0 aromatic heterocycles. The van der Waals surface area contributed by atoms with Crippen molar-refractivity contribution in [2.75, 3.05) is 7.11 Å². The van der Waals surface area contributed by atoms with Gasteiger partial charge in [-0.05, 0) is 47.9 Å². The van der Waals surface area contributed by atoms with Gasteiger partial charge in [0.1, 0.15) is 5.75 Å². The number of aliphatic hydroxyl groups excluding tert-OH is 1. The van der Waals surface area contributed by atoms with E-state index >= 15 is 0 Å². The maximum Gasteiger partial charge on any atom is 0.159 e. The summed E-state index contributed by atoms with van der Waals surface area (Å²) in [6, 6.07) is 7.46. The number of allylic oxidation sites excluding steroid dienone is 1. The third kappa shape index (κ3) is 2.30. The molecule has 0 heterocycles. The minimum atomic E-state index is -0.567. The van der Waals surface area contributed by atoms with Crippen LogP contribution in [0.25, 0.3) is 0 Å². The monoisotopic (exact) mass is 286 g/mol. The van der Waals surface area contributed by atoms with E-state index in [0.29, 0.717) is 12.3 Å². The Hall–Kier alpha value is -1.61. The lowest BCUT2D eigenvalue weighted by molar-refractivity contribution is -0.134. The number of carbonyl (C=O) groups excluding carboxylic acids is 1. The maximum atomic E-state index is 12.1. The minimum absolute atomic E-state index is 0.0563. The van der Waals surface area contributed by atoms with Crippen LogP contribution in [0.15, 0.2) is 35.9 Å². The summed E-state index contributed by atoms with van der Waals surface area (Å²) in [7, 11) is 1.62. The lowest BCUT2D eigenvalue weighted by Crippen LogP contribution is -2.52. The highest BCUT2D eigenvalue weighted by Crippen LogP contribution is 2.59. The zero-order valence-electron chi connectivity index (χ0n) is 12.8. The predicted octanol–water partition coefficient (Wildman–Crippen LogP) is 3.29. The van der Waals surface area contributed by atoms with Crippen molar-refractivity contribution in [2.24, 2.45) is 17.3 Å². The molecule has 1 aromatic rings. The number of fused-ring (bicyclic) bond motifs is 1. The predicted molar refractivity (Wildman–Crippen MR) is 81.0 cm³/mol. The molecular formula is C18H22O3. The van der Waals surface area contributed by atoms with Crippen molar-refractivity contribution in [3.8, 4) is 5.75 Å². The van der Waals surface area contributed by atoms with E-state index in [-0.39, 0.29) is 17.1 Å². The Kier molecular flexibility index (Phi) is 3.40. The summed E-state index contributed by atoms with van der Waals surface area (Å²) in [5.74, 6) is 1.64. The molecule has 3 atom stereocenters. The molecule has 2 bridgehead atoms. The van der Waals surface area contributed by atoms with Crippen LogP contribution in [0.4, 0.5) is 0 Å². The SMILES string of the molecule is COc1ccc(C(O)CC2=CC(=O)C3CC2C3(C)C)cc1. The van der Waals surface area contributed by atoms with Gasteiger partial charge in [-0.25, -0.2) is 0 Å². The average molecular weight is 286 g/mol. The number of hydrogen-bond donors (Lipinski definition) is 1. The number of ketones is 1. The fourth-order valence-electron chi connectivity index (χ4n) is 3.79. The molecule has 1 aromatic carbocycles. The second-order valence-electron chi connectivity index (χ2n) is 6.78. The summed E-state index contributed by atoms with van der Waals surface area (Å²) in [6.45, 7) is 4.33. The van der Waals surface area contributed by atoms with Gasteiger partial charge in [0, 0.05) is 5.92 Å². The van der Waals surface area contributed by atoms with Crippen molar-refractivity contribution in [1.82, 2.24) is 0 Å². The summed E-state index contributed by atoms with van der Waals surface area (Å²) in [4.78, 5) is 12.1. The van der Waals surface area contributed by atoms with Gasteiger partial charge in [0.05, 0.1) is 13.2 Å². The Labute approximate surface area is 125 Å². The molecule has 3 aliphatic rings. The van der Waals surface area contributed by atoms with Gasteiger partial charge in [-0.3, -0.25) is 4.79 Å². The lowest BCUT2D eigenvalue weighted by atomic mass is 9.48. The summed E-state index contributed by atoms with van der Waals surface area (Å²) in [5, 5.41) is 10.4. The van der Waals surface area contributed by atoms with Gasteiger partial charge in [-0.15, -0.1) is 0 Å². The Morgan fingerprint density at radius 2 is 1.95 bits per heavy atom. The average Bonchev–Trinajstić information content (AvgIpc) is 2.46. The van der Waals surface area contributed by atoms with Crippen LogP contribution in [0.2, 0.25) is 0 Å². The molecule has 0 amide bonds. The van der Waals surface area contributed by atoms with Crippen molar-refractivity contribution in [3.63, 3.8) is 0 Å². The van der Waals surface area contributed by atoms with E-state index < -0.39 is 6.10 Å². The van der Waals surface area contributed by atoms with Crippen LogP contribution < -0.4 is 4.74 Å². The molecule has 0 aliphatic heterocycles.